The normalized spacial score (nSPS) is 8.11. The molecule has 1 aromatic carbocycles. The van der Waals surface area contributed by atoms with Crippen molar-refractivity contribution in [1.82, 2.24) is 0 Å². The summed E-state index contributed by atoms with van der Waals surface area (Å²) < 4.78 is 0.847. The van der Waals surface area contributed by atoms with Crippen molar-refractivity contribution >= 4 is 21.6 Å². The molecule has 0 unspecified atom stereocenters. The van der Waals surface area contributed by atoms with Gasteiger partial charge in [0.05, 0.1) is 0 Å². The van der Waals surface area contributed by atoms with Crippen LogP contribution < -0.4 is 29.6 Å². The zero-order valence-electron chi connectivity index (χ0n) is 5.19. The van der Waals surface area contributed by atoms with Gasteiger partial charge in [0.15, 0.2) is 0 Å². The van der Waals surface area contributed by atoms with Crippen LogP contribution in [0.3, 0.4) is 0 Å². The Kier molecular flexibility index (Phi) is 4.58. The van der Waals surface area contributed by atoms with E-state index in [1.807, 2.05) is 18.2 Å². The Bertz CT molecular complexity index is 169. The molecule has 1 nitrogen and oxygen atoms in total. The van der Waals surface area contributed by atoms with Gasteiger partial charge in [0, 0.05) is 4.47 Å². The second-order valence-corrected chi connectivity index (χ2v) is 2.33. The maximum atomic E-state index is 7.17. The predicted molar refractivity (Wildman–Crippen MR) is 38.1 cm³/mol. The minimum Gasteiger partial charge on any atom is -0.698 e. The SMILES string of the molecule is [NH-]c1ccccc1Br.[Na+]. The monoisotopic (exact) mass is 193 g/mol. The van der Waals surface area contributed by atoms with Crippen LogP contribution in [0.15, 0.2) is 28.7 Å². The molecule has 1 aromatic rings. The van der Waals surface area contributed by atoms with Gasteiger partial charge in [-0.1, -0.05) is 34.1 Å². The fraction of sp³-hybridized carbons (Fsp3) is 0. The van der Waals surface area contributed by atoms with Crippen molar-refractivity contribution in [1.29, 1.82) is 0 Å². The Morgan fingerprint density at radius 2 is 1.78 bits per heavy atom. The second-order valence-electron chi connectivity index (χ2n) is 1.48. The van der Waals surface area contributed by atoms with E-state index in [2.05, 4.69) is 15.9 Å². The van der Waals surface area contributed by atoms with Crippen LogP contribution in [0.2, 0.25) is 0 Å². The van der Waals surface area contributed by atoms with Crippen molar-refractivity contribution in [3.63, 3.8) is 0 Å². The summed E-state index contributed by atoms with van der Waals surface area (Å²) >= 11 is 3.21. The molecule has 0 atom stereocenters. The van der Waals surface area contributed by atoms with Crippen LogP contribution in [0.4, 0.5) is 5.69 Å². The minimum absolute atomic E-state index is 0. The quantitative estimate of drug-likeness (QED) is 0.524. The Morgan fingerprint density at radius 3 is 2.11 bits per heavy atom. The van der Waals surface area contributed by atoms with E-state index < -0.39 is 0 Å². The molecule has 0 aromatic heterocycles. The van der Waals surface area contributed by atoms with E-state index in [0.29, 0.717) is 5.69 Å². The predicted octanol–water partition coefficient (Wildman–Crippen LogP) is 0.137. The largest absolute Gasteiger partial charge is 1.00 e. The van der Waals surface area contributed by atoms with Gasteiger partial charge in [0.1, 0.15) is 0 Å². The molecule has 0 radical (unpaired) electrons. The molecule has 0 aliphatic carbocycles. The van der Waals surface area contributed by atoms with Gasteiger partial charge in [-0.15, -0.1) is 5.69 Å². The summed E-state index contributed by atoms with van der Waals surface area (Å²) in [6, 6.07) is 7.32. The molecule has 0 saturated heterocycles. The Morgan fingerprint density at radius 1 is 1.22 bits per heavy atom. The maximum absolute atomic E-state index is 7.17. The zero-order chi connectivity index (χ0) is 5.98. The van der Waals surface area contributed by atoms with Crippen molar-refractivity contribution in [3.05, 3.63) is 34.5 Å². The van der Waals surface area contributed by atoms with Gasteiger partial charge in [-0.3, -0.25) is 0 Å². The summed E-state index contributed by atoms with van der Waals surface area (Å²) in [5.41, 5.74) is 7.71. The molecule has 0 amide bonds. The molecule has 1 rings (SSSR count). The fourth-order valence-corrected chi connectivity index (χ4v) is 0.746. The number of nitrogens with one attached hydrogen (secondary N) is 1. The molecule has 0 bridgehead atoms. The van der Waals surface area contributed by atoms with E-state index in [0.717, 1.165) is 4.47 Å². The van der Waals surface area contributed by atoms with Crippen molar-refractivity contribution in [2.75, 3.05) is 0 Å². The van der Waals surface area contributed by atoms with Gasteiger partial charge in [0.25, 0.3) is 0 Å². The Hall–Kier alpha value is 0.500. The standard InChI is InChI=1S/C6H5BrN.Na/c7-5-3-1-2-4-6(5)8;/h1-4,8H;/q-1;+1. The Labute approximate surface area is 85.1 Å². The van der Waals surface area contributed by atoms with E-state index in [1.165, 1.54) is 0 Å². The molecular weight excluding hydrogens is 189 g/mol. The van der Waals surface area contributed by atoms with Gasteiger partial charge in [-0.2, -0.15) is 0 Å². The number of hydrogen-bond donors (Lipinski definition) is 0. The first-order valence-electron chi connectivity index (χ1n) is 2.27. The molecule has 42 valence electrons. The smallest absolute Gasteiger partial charge is 0.698 e. The summed E-state index contributed by atoms with van der Waals surface area (Å²) in [6.07, 6.45) is 0. The van der Waals surface area contributed by atoms with Crippen LogP contribution in [0.5, 0.6) is 0 Å². The average Bonchev–Trinajstić information content (AvgIpc) is 1.77. The van der Waals surface area contributed by atoms with Crippen LogP contribution in [-0.2, 0) is 0 Å². The summed E-state index contributed by atoms with van der Waals surface area (Å²) in [5, 5.41) is 0. The van der Waals surface area contributed by atoms with Gasteiger partial charge in [0.2, 0.25) is 0 Å². The van der Waals surface area contributed by atoms with Gasteiger partial charge < -0.3 is 5.73 Å². The zero-order valence-corrected chi connectivity index (χ0v) is 8.77. The molecule has 0 saturated carbocycles. The summed E-state index contributed by atoms with van der Waals surface area (Å²) in [4.78, 5) is 0. The van der Waals surface area contributed by atoms with Crippen molar-refractivity contribution < 1.29 is 29.6 Å². The van der Waals surface area contributed by atoms with E-state index >= 15 is 0 Å². The minimum atomic E-state index is 0. The average molecular weight is 194 g/mol. The van der Waals surface area contributed by atoms with E-state index in [1.54, 1.807) is 6.07 Å². The maximum Gasteiger partial charge on any atom is 1.00 e. The molecule has 0 heterocycles. The van der Waals surface area contributed by atoms with Crippen molar-refractivity contribution in [3.8, 4) is 0 Å². The van der Waals surface area contributed by atoms with Crippen LogP contribution in [0.1, 0.15) is 0 Å². The van der Waals surface area contributed by atoms with Crippen LogP contribution in [-0.4, -0.2) is 0 Å². The summed E-state index contributed by atoms with van der Waals surface area (Å²) in [7, 11) is 0. The number of rotatable bonds is 0. The van der Waals surface area contributed by atoms with Gasteiger partial charge in [-0.25, -0.2) is 0 Å². The summed E-state index contributed by atoms with van der Waals surface area (Å²) in [5.74, 6) is 0. The molecule has 0 fully saturated rings. The molecule has 3 heteroatoms. The molecular formula is C6H5BrNNa. The number of halogens is 1. The molecule has 1 N–H and O–H groups in total. The first-order chi connectivity index (χ1) is 3.80. The van der Waals surface area contributed by atoms with Gasteiger partial charge in [-0.05, 0) is 6.07 Å². The second kappa shape index (κ2) is 4.34. The van der Waals surface area contributed by atoms with E-state index in [4.69, 9.17) is 5.73 Å². The third-order valence-electron chi connectivity index (χ3n) is 0.874. The first-order valence-corrected chi connectivity index (χ1v) is 3.06. The van der Waals surface area contributed by atoms with E-state index in [9.17, 15) is 0 Å². The third-order valence-corrected chi connectivity index (χ3v) is 1.57. The van der Waals surface area contributed by atoms with Crippen LogP contribution in [0, 0.1) is 0 Å². The molecule has 0 aliphatic rings. The topological polar surface area (TPSA) is 23.8 Å². The first kappa shape index (κ1) is 9.50. The molecule has 0 aliphatic heterocycles. The van der Waals surface area contributed by atoms with Gasteiger partial charge >= 0.3 is 29.6 Å². The number of hydrogen-bond acceptors (Lipinski definition) is 0. The Balaban J connectivity index is 0.000000640. The van der Waals surface area contributed by atoms with Crippen molar-refractivity contribution in [2.45, 2.75) is 0 Å². The summed E-state index contributed by atoms with van der Waals surface area (Å²) in [6.45, 7) is 0. The molecule has 0 spiro atoms. The number of benzene rings is 1. The van der Waals surface area contributed by atoms with Crippen LogP contribution in [0.25, 0.3) is 5.73 Å². The van der Waals surface area contributed by atoms with Crippen molar-refractivity contribution in [2.24, 2.45) is 0 Å². The third kappa shape index (κ3) is 2.72. The molecule has 9 heavy (non-hydrogen) atoms. The van der Waals surface area contributed by atoms with Crippen LogP contribution >= 0.6 is 15.9 Å². The van der Waals surface area contributed by atoms with E-state index in [-0.39, 0.29) is 29.6 Å². The fourth-order valence-electron chi connectivity index (χ4n) is 0.461.